The van der Waals surface area contributed by atoms with Crippen LogP contribution in [0.5, 0.6) is 0 Å². The van der Waals surface area contributed by atoms with Gasteiger partial charge in [0.25, 0.3) is 5.91 Å². The molecule has 0 aliphatic carbocycles. The Kier molecular flexibility index (Phi) is 5.09. The second kappa shape index (κ2) is 7.03. The van der Waals surface area contributed by atoms with Crippen molar-refractivity contribution in [2.75, 3.05) is 31.5 Å². The van der Waals surface area contributed by atoms with Gasteiger partial charge in [0.2, 0.25) is 0 Å². The van der Waals surface area contributed by atoms with Gasteiger partial charge in [-0.1, -0.05) is 15.9 Å². The molecule has 1 amide bonds. The smallest absolute Gasteiger partial charge is 0.266 e. The molecule has 0 radical (unpaired) electrons. The van der Waals surface area contributed by atoms with Crippen molar-refractivity contribution in [3.63, 3.8) is 0 Å². The normalized spacial score (nSPS) is 15.6. The lowest BCUT2D eigenvalue weighted by Crippen LogP contribution is -2.46. The molecule has 0 bridgehead atoms. The Hall–Kier alpha value is -1.91. The molecule has 1 saturated heterocycles. The van der Waals surface area contributed by atoms with E-state index in [0.717, 1.165) is 17.6 Å². The summed E-state index contributed by atoms with van der Waals surface area (Å²) in [5.41, 5.74) is 0.0775. The zero-order valence-electron chi connectivity index (χ0n) is 10.8. The lowest BCUT2D eigenvalue weighted by molar-refractivity contribution is -0.127. The van der Waals surface area contributed by atoms with Gasteiger partial charge in [-0.3, -0.25) is 4.79 Å². The molecule has 0 atom stereocenters. The lowest BCUT2D eigenvalue weighted by atomic mass is 10.2. The highest BCUT2D eigenvalue weighted by Gasteiger charge is 2.19. The Labute approximate surface area is 125 Å². The van der Waals surface area contributed by atoms with Crippen molar-refractivity contribution < 1.29 is 4.79 Å². The number of rotatable bonds is 3. The third kappa shape index (κ3) is 3.79. The van der Waals surface area contributed by atoms with E-state index in [9.17, 15) is 4.79 Å². The van der Waals surface area contributed by atoms with E-state index in [0.29, 0.717) is 18.9 Å². The van der Waals surface area contributed by atoms with Crippen LogP contribution in [0.25, 0.3) is 0 Å². The van der Waals surface area contributed by atoms with Crippen LogP contribution in [0.4, 0.5) is 5.82 Å². The minimum Gasteiger partial charge on any atom is -0.345 e. The quantitative estimate of drug-likeness (QED) is 0.638. The van der Waals surface area contributed by atoms with Crippen LogP contribution in [0.1, 0.15) is 0 Å². The van der Waals surface area contributed by atoms with E-state index in [1.807, 2.05) is 6.07 Å². The highest BCUT2D eigenvalue weighted by molar-refractivity contribution is 9.10. The molecule has 1 aliphatic rings. The first kappa shape index (κ1) is 14.5. The monoisotopic (exact) mass is 335 g/mol. The minimum atomic E-state index is -0.253. The average molecular weight is 336 g/mol. The summed E-state index contributed by atoms with van der Waals surface area (Å²) in [5.74, 6) is 0.316. The minimum absolute atomic E-state index is 0.0775. The molecule has 1 aromatic rings. The molecule has 2 rings (SSSR count). The van der Waals surface area contributed by atoms with Gasteiger partial charge in [-0.05, 0) is 12.1 Å². The van der Waals surface area contributed by atoms with Gasteiger partial charge in [0.15, 0.2) is 0 Å². The van der Waals surface area contributed by atoms with Crippen molar-refractivity contribution in [3.8, 4) is 6.07 Å². The van der Waals surface area contributed by atoms with Crippen molar-refractivity contribution in [1.82, 2.24) is 15.2 Å². The number of amides is 1. The van der Waals surface area contributed by atoms with Crippen molar-refractivity contribution in [3.05, 3.63) is 34.6 Å². The molecule has 0 aromatic carbocycles. The molecule has 6 nitrogen and oxygen atoms in total. The third-order valence-corrected chi connectivity index (χ3v) is 3.33. The second-order valence-corrected chi connectivity index (χ2v) is 5.13. The standard InChI is InChI=1S/C13H14BrN5O/c14-11-1-2-17-12(7-11)18-9-10(8-15)13(20)19-5-3-16-4-6-19/h1-2,7,9,16H,3-6H2,(H,17,18)/b10-9-. The molecular formula is C13H14BrN5O. The fourth-order valence-electron chi connectivity index (χ4n) is 1.81. The Morgan fingerprint density at radius 2 is 2.30 bits per heavy atom. The third-order valence-electron chi connectivity index (χ3n) is 2.84. The van der Waals surface area contributed by atoms with Crippen LogP contribution in [0.15, 0.2) is 34.6 Å². The lowest BCUT2D eigenvalue weighted by Gasteiger charge is -2.27. The predicted octanol–water partition coefficient (Wildman–Crippen LogP) is 1.10. The highest BCUT2D eigenvalue weighted by atomic mass is 79.9. The van der Waals surface area contributed by atoms with Gasteiger partial charge in [0.1, 0.15) is 17.5 Å². The largest absolute Gasteiger partial charge is 0.345 e. The van der Waals surface area contributed by atoms with E-state index < -0.39 is 0 Å². The Bertz CT molecular complexity index is 560. The highest BCUT2D eigenvalue weighted by Crippen LogP contribution is 2.13. The van der Waals surface area contributed by atoms with Crippen molar-refractivity contribution in [2.24, 2.45) is 0 Å². The molecular weight excluding hydrogens is 322 g/mol. The first-order valence-corrected chi connectivity index (χ1v) is 6.98. The van der Waals surface area contributed by atoms with E-state index in [4.69, 9.17) is 5.26 Å². The Morgan fingerprint density at radius 3 is 2.95 bits per heavy atom. The van der Waals surface area contributed by atoms with Crippen LogP contribution in [-0.2, 0) is 4.79 Å². The van der Waals surface area contributed by atoms with E-state index >= 15 is 0 Å². The van der Waals surface area contributed by atoms with E-state index in [1.54, 1.807) is 23.2 Å². The second-order valence-electron chi connectivity index (χ2n) is 4.22. The summed E-state index contributed by atoms with van der Waals surface area (Å²) in [6.07, 6.45) is 3.03. The molecule has 2 N–H and O–H groups in total. The summed E-state index contributed by atoms with van der Waals surface area (Å²) in [5, 5.41) is 15.1. The fraction of sp³-hybridized carbons (Fsp3) is 0.308. The zero-order valence-corrected chi connectivity index (χ0v) is 12.4. The number of carbonyl (C=O) groups is 1. The molecule has 104 valence electrons. The number of nitrogens with one attached hydrogen (secondary N) is 2. The maximum atomic E-state index is 12.2. The SMILES string of the molecule is N#C/C(=C/Nc1cc(Br)ccn1)C(=O)N1CCNCC1. The number of halogens is 1. The summed E-state index contributed by atoms with van der Waals surface area (Å²) >= 11 is 3.33. The van der Waals surface area contributed by atoms with E-state index in [2.05, 4.69) is 31.5 Å². The van der Waals surface area contributed by atoms with Crippen molar-refractivity contribution in [1.29, 1.82) is 5.26 Å². The molecule has 0 spiro atoms. The van der Waals surface area contributed by atoms with Gasteiger partial charge >= 0.3 is 0 Å². The number of carbonyl (C=O) groups excluding carboxylic acids is 1. The van der Waals surface area contributed by atoms with E-state index in [1.165, 1.54) is 6.20 Å². The molecule has 1 aliphatic heterocycles. The first-order valence-electron chi connectivity index (χ1n) is 6.19. The number of hydrogen-bond donors (Lipinski definition) is 2. The van der Waals surface area contributed by atoms with Crippen molar-refractivity contribution >= 4 is 27.7 Å². The van der Waals surface area contributed by atoms with Crippen LogP contribution in [0.3, 0.4) is 0 Å². The summed E-state index contributed by atoms with van der Waals surface area (Å²) in [4.78, 5) is 17.9. The number of nitrogens with zero attached hydrogens (tertiary/aromatic N) is 3. The number of aromatic nitrogens is 1. The summed E-state index contributed by atoms with van der Waals surface area (Å²) < 4.78 is 0.871. The number of anilines is 1. The zero-order chi connectivity index (χ0) is 14.4. The van der Waals surface area contributed by atoms with Crippen molar-refractivity contribution in [2.45, 2.75) is 0 Å². The first-order chi connectivity index (χ1) is 9.70. The molecule has 0 unspecified atom stereocenters. The summed E-state index contributed by atoms with van der Waals surface area (Å²) in [7, 11) is 0. The molecule has 1 aromatic heterocycles. The molecule has 1 fully saturated rings. The maximum Gasteiger partial charge on any atom is 0.266 e. The molecule has 20 heavy (non-hydrogen) atoms. The van der Waals surface area contributed by atoms with Crippen LogP contribution in [0, 0.1) is 11.3 Å². The fourth-order valence-corrected chi connectivity index (χ4v) is 2.14. The van der Waals surface area contributed by atoms with Gasteiger partial charge in [0.05, 0.1) is 0 Å². The van der Waals surface area contributed by atoms with Crippen LogP contribution in [-0.4, -0.2) is 42.0 Å². The molecule has 7 heteroatoms. The maximum absolute atomic E-state index is 12.2. The Morgan fingerprint density at radius 1 is 1.55 bits per heavy atom. The number of pyridine rings is 1. The van der Waals surface area contributed by atoms with Gasteiger partial charge in [-0.15, -0.1) is 0 Å². The van der Waals surface area contributed by atoms with Crippen LogP contribution in [0.2, 0.25) is 0 Å². The van der Waals surface area contributed by atoms with Gasteiger partial charge < -0.3 is 15.5 Å². The van der Waals surface area contributed by atoms with E-state index in [-0.39, 0.29) is 11.5 Å². The van der Waals surface area contributed by atoms with Crippen LogP contribution < -0.4 is 10.6 Å². The summed E-state index contributed by atoms with van der Waals surface area (Å²) in [6.45, 7) is 2.75. The predicted molar refractivity (Wildman–Crippen MR) is 78.7 cm³/mol. The average Bonchev–Trinajstić information content (AvgIpc) is 2.48. The molecule has 0 saturated carbocycles. The summed E-state index contributed by atoms with van der Waals surface area (Å²) in [6, 6.07) is 5.49. The van der Waals surface area contributed by atoms with Gasteiger partial charge in [-0.25, -0.2) is 4.98 Å². The molecule has 2 heterocycles. The van der Waals surface area contributed by atoms with Gasteiger partial charge in [-0.2, -0.15) is 5.26 Å². The van der Waals surface area contributed by atoms with Crippen LogP contribution >= 0.6 is 15.9 Å². The number of nitriles is 1. The Balaban J connectivity index is 2.05. The number of piperazine rings is 1. The number of hydrogen-bond acceptors (Lipinski definition) is 5. The topological polar surface area (TPSA) is 81.0 Å². The van der Waals surface area contributed by atoms with Gasteiger partial charge in [0, 0.05) is 43.0 Å².